The van der Waals surface area contributed by atoms with Crippen LogP contribution in [0, 0.1) is 0 Å². The van der Waals surface area contributed by atoms with Gasteiger partial charge in [-0.25, -0.2) is 9.78 Å². The predicted octanol–water partition coefficient (Wildman–Crippen LogP) is 1.47. The van der Waals surface area contributed by atoms with E-state index < -0.39 is 5.97 Å². The molecular weight excluding hydrogens is 204 g/mol. The van der Waals surface area contributed by atoms with Gasteiger partial charge in [-0.15, -0.1) is 0 Å². The number of halogens is 1. The van der Waals surface area contributed by atoms with E-state index in [1.807, 2.05) is 0 Å². The molecule has 2 rings (SSSR count). The molecular formula is C9H9ClN2O2. The molecule has 5 heteroatoms. The van der Waals surface area contributed by atoms with Gasteiger partial charge < -0.3 is 10.4 Å². The minimum atomic E-state index is -0.977. The molecule has 0 amide bonds. The van der Waals surface area contributed by atoms with E-state index in [0.717, 1.165) is 18.5 Å². The maximum Gasteiger partial charge on any atom is 0.337 e. The second-order valence-corrected chi connectivity index (χ2v) is 3.56. The molecule has 0 radical (unpaired) electrons. The highest BCUT2D eigenvalue weighted by atomic mass is 35.5. The number of carbonyl (C=O) groups is 1. The highest BCUT2D eigenvalue weighted by molar-refractivity contribution is 6.30. The van der Waals surface area contributed by atoms with Crippen molar-refractivity contribution in [1.82, 2.24) is 10.3 Å². The average Bonchev–Trinajstić information content (AvgIpc) is 2.05. The summed E-state index contributed by atoms with van der Waals surface area (Å²) in [5.41, 5.74) is 0.955. The number of aromatic carboxylic acids is 1. The zero-order valence-corrected chi connectivity index (χ0v) is 8.08. The van der Waals surface area contributed by atoms with Gasteiger partial charge in [0.25, 0.3) is 0 Å². The van der Waals surface area contributed by atoms with Gasteiger partial charge in [0, 0.05) is 17.8 Å². The van der Waals surface area contributed by atoms with E-state index in [1.54, 1.807) is 6.07 Å². The molecule has 2 N–H and O–H groups in total. The van der Waals surface area contributed by atoms with Gasteiger partial charge >= 0.3 is 5.97 Å². The van der Waals surface area contributed by atoms with E-state index >= 15 is 0 Å². The number of rotatable bonds is 2. The Labute approximate surface area is 85.9 Å². The summed E-state index contributed by atoms with van der Waals surface area (Å²) in [7, 11) is 0. The molecule has 0 spiro atoms. The van der Waals surface area contributed by atoms with Crippen molar-refractivity contribution in [2.24, 2.45) is 0 Å². The van der Waals surface area contributed by atoms with E-state index in [1.165, 1.54) is 6.20 Å². The molecule has 0 aromatic carbocycles. The van der Waals surface area contributed by atoms with E-state index in [2.05, 4.69) is 10.3 Å². The Kier molecular flexibility index (Phi) is 2.39. The van der Waals surface area contributed by atoms with Gasteiger partial charge in [-0.2, -0.15) is 0 Å². The van der Waals surface area contributed by atoms with Gasteiger partial charge in [-0.3, -0.25) is 0 Å². The van der Waals surface area contributed by atoms with Crippen molar-refractivity contribution in [3.05, 3.63) is 28.5 Å². The van der Waals surface area contributed by atoms with Crippen molar-refractivity contribution in [3.8, 4) is 0 Å². The molecule has 1 aromatic rings. The summed E-state index contributed by atoms with van der Waals surface area (Å²) in [5, 5.41) is 12.3. The van der Waals surface area contributed by atoms with Gasteiger partial charge in [-0.05, 0) is 19.0 Å². The molecule has 1 aromatic heterocycles. The Morgan fingerprint density at radius 2 is 2.43 bits per heavy atom. The van der Waals surface area contributed by atoms with Crippen LogP contribution < -0.4 is 5.32 Å². The summed E-state index contributed by atoms with van der Waals surface area (Å²) in [6.07, 6.45) is 2.25. The smallest absolute Gasteiger partial charge is 0.337 e. The molecule has 74 valence electrons. The Bertz CT molecular complexity index is 377. The third kappa shape index (κ3) is 1.58. The molecule has 1 aliphatic rings. The normalized spacial score (nSPS) is 20.2. The lowest BCUT2D eigenvalue weighted by atomic mass is 9.98. The van der Waals surface area contributed by atoms with Crippen LogP contribution in [0.15, 0.2) is 12.3 Å². The third-order valence-corrected chi connectivity index (χ3v) is 2.63. The number of carboxylic acid groups (broad SMARTS) is 1. The lowest BCUT2D eigenvalue weighted by Crippen LogP contribution is -2.35. The summed E-state index contributed by atoms with van der Waals surface area (Å²) >= 11 is 5.86. The quantitative estimate of drug-likeness (QED) is 0.729. The van der Waals surface area contributed by atoms with Crippen LogP contribution in [0.1, 0.15) is 28.4 Å². The minimum Gasteiger partial charge on any atom is -0.478 e. The number of hydrogen-bond donors (Lipinski definition) is 2. The number of carboxylic acids is 1. The van der Waals surface area contributed by atoms with Crippen molar-refractivity contribution in [2.75, 3.05) is 6.54 Å². The van der Waals surface area contributed by atoms with Crippen LogP contribution in [0.5, 0.6) is 0 Å². The van der Waals surface area contributed by atoms with Crippen molar-refractivity contribution in [3.63, 3.8) is 0 Å². The molecule has 0 aliphatic carbocycles. The number of hydrogen-bond acceptors (Lipinski definition) is 3. The monoisotopic (exact) mass is 212 g/mol. The summed E-state index contributed by atoms with van der Waals surface area (Å²) in [4.78, 5) is 14.5. The molecule has 4 nitrogen and oxygen atoms in total. The van der Waals surface area contributed by atoms with Gasteiger partial charge in [0.15, 0.2) is 0 Å². The third-order valence-electron chi connectivity index (χ3n) is 2.31. The van der Waals surface area contributed by atoms with Crippen molar-refractivity contribution in [1.29, 1.82) is 0 Å². The number of nitrogens with one attached hydrogen (secondary N) is 1. The van der Waals surface area contributed by atoms with E-state index in [4.69, 9.17) is 16.7 Å². The maximum absolute atomic E-state index is 10.7. The highest BCUT2D eigenvalue weighted by Gasteiger charge is 2.22. The Morgan fingerprint density at radius 1 is 1.71 bits per heavy atom. The summed E-state index contributed by atoms with van der Waals surface area (Å²) in [6, 6.07) is 1.74. The zero-order valence-electron chi connectivity index (χ0n) is 7.33. The minimum absolute atomic E-state index is 0.161. The maximum atomic E-state index is 10.7. The molecule has 1 fully saturated rings. The topological polar surface area (TPSA) is 62.2 Å². The molecule has 2 heterocycles. The molecule has 1 atom stereocenters. The van der Waals surface area contributed by atoms with Crippen molar-refractivity contribution < 1.29 is 9.90 Å². The Morgan fingerprint density at radius 3 is 2.93 bits per heavy atom. The molecule has 1 aliphatic heterocycles. The second kappa shape index (κ2) is 3.55. The van der Waals surface area contributed by atoms with Gasteiger partial charge in [0.2, 0.25) is 0 Å². The summed E-state index contributed by atoms with van der Waals surface area (Å²) in [5.74, 6) is -0.977. The Balaban J connectivity index is 2.36. The predicted molar refractivity (Wildman–Crippen MR) is 51.6 cm³/mol. The largest absolute Gasteiger partial charge is 0.478 e. The van der Waals surface area contributed by atoms with Crippen LogP contribution in [-0.4, -0.2) is 22.6 Å². The molecule has 0 unspecified atom stereocenters. The first-order valence-corrected chi connectivity index (χ1v) is 4.68. The van der Waals surface area contributed by atoms with Crippen LogP contribution in [0.3, 0.4) is 0 Å². The summed E-state index contributed by atoms with van der Waals surface area (Å²) in [6.45, 7) is 0.943. The highest BCUT2D eigenvalue weighted by Crippen LogP contribution is 2.28. The van der Waals surface area contributed by atoms with Crippen LogP contribution >= 0.6 is 11.6 Å². The fraction of sp³-hybridized carbons (Fsp3) is 0.333. The van der Waals surface area contributed by atoms with Crippen LogP contribution in [0.25, 0.3) is 0 Å². The molecule has 1 saturated heterocycles. The Hall–Kier alpha value is -1.13. The average molecular weight is 213 g/mol. The number of nitrogens with zero attached hydrogens (tertiary/aromatic N) is 1. The first-order valence-electron chi connectivity index (χ1n) is 4.30. The number of aromatic nitrogens is 1. The lowest BCUT2D eigenvalue weighted by Gasteiger charge is -2.28. The first-order chi connectivity index (χ1) is 6.68. The standard InChI is InChI=1S/C9H9ClN2O2/c10-8-6(7-1-2-11-7)3-5(4-12-8)9(13)14/h3-4,7,11H,1-2H2,(H,13,14)/t7-/m1/s1. The summed E-state index contributed by atoms with van der Waals surface area (Å²) < 4.78 is 0. The van der Waals surface area contributed by atoms with E-state index in [-0.39, 0.29) is 11.6 Å². The first kappa shape index (κ1) is 9.43. The SMILES string of the molecule is O=C(O)c1cnc(Cl)c([C@H]2CCN2)c1. The zero-order chi connectivity index (χ0) is 10.1. The van der Waals surface area contributed by atoms with Gasteiger partial charge in [0.1, 0.15) is 5.15 Å². The molecule has 0 saturated carbocycles. The fourth-order valence-corrected chi connectivity index (χ4v) is 1.62. The van der Waals surface area contributed by atoms with Gasteiger partial charge in [0.05, 0.1) is 5.56 Å². The number of pyridine rings is 1. The fourth-order valence-electron chi connectivity index (χ4n) is 1.38. The van der Waals surface area contributed by atoms with Crippen molar-refractivity contribution >= 4 is 17.6 Å². The molecule has 0 bridgehead atoms. The van der Waals surface area contributed by atoms with E-state index in [9.17, 15) is 4.79 Å². The van der Waals surface area contributed by atoms with Crippen LogP contribution in [0.4, 0.5) is 0 Å². The van der Waals surface area contributed by atoms with Crippen LogP contribution in [0.2, 0.25) is 5.15 Å². The van der Waals surface area contributed by atoms with Gasteiger partial charge in [-0.1, -0.05) is 11.6 Å². The second-order valence-electron chi connectivity index (χ2n) is 3.20. The lowest BCUT2D eigenvalue weighted by molar-refractivity contribution is 0.0696. The molecule has 14 heavy (non-hydrogen) atoms. The van der Waals surface area contributed by atoms with Crippen LogP contribution in [-0.2, 0) is 0 Å². The van der Waals surface area contributed by atoms with E-state index in [0.29, 0.717) is 5.15 Å². The van der Waals surface area contributed by atoms with Crippen molar-refractivity contribution in [2.45, 2.75) is 12.5 Å².